The van der Waals surface area contributed by atoms with Gasteiger partial charge in [0, 0.05) is 35.8 Å². The summed E-state index contributed by atoms with van der Waals surface area (Å²) in [6.45, 7) is 1.15. The molecule has 2 aromatic carbocycles. The lowest BCUT2D eigenvalue weighted by Crippen LogP contribution is -2.46. The molecule has 1 heterocycles. The van der Waals surface area contributed by atoms with Crippen molar-refractivity contribution in [2.24, 2.45) is 0 Å². The van der Waals surface area contributed by atoms with Crippen molar-refractivity contribution in [3.05, 3.63) is 64.7 Å². The molecule has 2 amide bonds. The van der Waals surface area contributed by atoms with Crippen LogP contribution in [0.4, 0.5) is 0 Å². The fourth-order valence-corrected chi connectivity index (χ4v) is 3.60. The number of ether oxygens (including phenoxy) is 2. The number of hydrogen-bond donors (Lipinski definition) is 1. The van der Waals surface area contributed by atoms with E-state index in [-0.39, 0.29) is 17.9 Å². The van der Waals surface area contributed by atoms with E-state index in [2.05, 4.69) is 5.32 Å². The quantitative estimate of drug-likeness (QED) is 0.711. The van der Waals surface area contributed by atoms with Crippen molar-refractivity contribution in [2.45, 2.75) is 18.9 Å². The Bertz CT molecular complexity index is 937. The molecule has 158 valence electrons. The molecule has 0 radical (unpaired) electrons. The first-order valence-corrected chi connectivity index (χ1v) is 10.1. The highest BCUT2D eigenvalue weighted by atomic mass is 35.5. The van der Waals surface area contributed by atoms with E-state index in [0.717, 1.165) is 5.56 Å². The van der Waals surface area contributed by atoms with Crippen LogP contribution in [0.25, 0.3) is 6.08 Å². The maximum Gasteiger partial charge on any atom is 0.253 e. The molecule has 0 saturated carbocycles. The van der Waals surface area contributed by atoms with Crippen molar-refractivity contribution in [1.29, 1.82) is 0 Å². The minimum Gasteiger partial charge on any atom is -0.493 e. The van der Waals surface area contributed by atoms with Gasteiger partial charge in [0.1, 0.15) is 0 Å². The van der Waals surface area contributed by atoms with Gasteiger partial charge in [-0.05, 0) is 48.7 Å². The topological polar surface area (TPSA) is 67.9 Å². The van der Waals surface area contributed by atoms with E-state index in [1.807, 2.05) is 18.2 Å². The Hall–Kier alpha value is -2.99. The third-order valence-electron chi connectivity index (χ3n) is 5.08. The molecule has 0 bridgehead atoms. The zero-order chi connectivity index (χ0) is 21.5. The predicted molar refractivity (Wildman–Crippen MR) is 117 cm³/mol. The summed E-state index contributed by atoms with van der Waals surface area (Å²) in [6.07, 6.45) is 4.59. The third kappa shape index (κ3) is 5.33. The summed E-state index contributed by atoms with van der Waals surface area (Å²) < 4.78 is 10.5. The van der Waals surface area contributed by atoms with Gasteiger partial charge in [0.25, 0.3) is 5.91 Å². The Kier molecular flexibility index (Phi) is 7.36. The minimum atomic E-state index is -0.167. The van der Waals surface area contributed by atoms with Crippen LogP contribution in [0.1, 0.15) is 28.8 Å². The summed E-state index contributed by atoms with van der Waals surface area (Å²) in [5.74, 6) is 0.884. The Balaban J connectivity index is 1.52. The normalized spacial score (nSPS) is 14.6. The second-order valence-electron chi connectivity index (χ2n) is 7.00. The van der Waals surface area contributed by atoms with E-state index >= 15 is 0 Å². The van der Waals surface area contributed by atoms with Crippen molar-refractivity contribution in [1.82, 2.24) is 10.2 Å². The van der Waals surface area contributed by atoms with Crippen LogP contribution < -0.4 is 14.8 Å². The van der Waals surface area contributed by atoms with Crippen LogP contribution in [-0.4, -0.2) is 50.1 Å². The summed E-state index contributed by atoms with van der Waals surface area (Å²) in [4.78, 5) is 26.8. The summed E-state index contributed by atoms with van der Waals surface area (Å²) in [6, 6.07) is 12.5. The largest absolute Gasteiger partial charge is 0.493 e. The predicted octanol–water partition coefficient (Wildman–Crippen LogP) is 3.79. The average molecular weight is 429 g/mol. The van der Waals surface area contributed by atoms with Crippen LogP contribution in [0.5, 0.6) is 11.5 Å². The molecule has 0 aliphatic carbocycles. The molecule has 1 N–H and O–H groups in total. The minimum absolute atomic E-state index is 0.0304. The highest BCUT2D eigenvalue weighted by molar-refractivity contribution is 6.32. The fraction of sp³-hybridized carbons (Fsp3) is 0.304. The molecule has 6 nitrogen and oxygen atoms in total. The van der Waals surface area contributed by atoms with E-state index in [9.17, 15) is 9.59 Å². The molecule has 2 aromatic rings. The van der Waals surface area contributed by atoms with Gasteiger partial charge in [-0.1, -0.05) is 29.8 Å². The molecule has 0 atom stereocenters. The first-order valence-electron chi connectivity index (χ1n) is 9.76. The molecule has 7 heteroatoms. The van der Waals surface area contributed by atoms with Crippen molar-refractivity contribution < 1.29 is 19.1 Å². The number of rotatable bonds is 6. The van der Waals surface area contributed by atoms with Gasteiger partial charge in [-0.25, -0.2) is 0 Å². The average Bonchev–Trinajstić information content (AvgIpc) is 2.78. The van der Waals surface area contributed by atoms with Crippen LogP contribution in [0.2, 0.25) is 5.02 Å². The van der Waals surface area contributed by atoms with E-state index in [4.69, 9.17) is 21.1 Å². The van der Waals surface area contributed by atoms with Crippen LogP contribution in [-0.2, 0) is 4.79 Å². The second kappa shape index (κ2) is 10.2. The maximum absolute atomic E-state index is 12.8. The molecule has 1 fully saturated rings. The molecule has 1 aliphatic rings. The molecule has 0 unspecified atom stereocenters. The highest BCUT2D eigenvalue weighted by Gasteiger charge is 2.25. The maximum atomic E-state index is 12.8. The first-order chi connectivity index (χ1) is 14.5. The SMILES string of the molecule is COc1ccc(C(=O)N2CCC(NC(=O)/C=C/c3ccccc3Cl)CC2)cc1OC. The van der Waals surface area contributed by atoms with Gasteiger partial charge in [-0.15, -0.1) is 0 Å². The van der Waals surface area contributed by atoms with Crippen molar-refractivity contribution >= 4 is 29.5 Å². The number of nitrogens with zero attached hydrogens (tertiary/aromatic N) is 1. The zero-order valence-electron chi connectivity index (χ0n) is 17.1. The monoisotopic (exact) mass is 428 g/mol. The number of hydrogen-bond acceptors (Lipinski definition) is 4. The van der Waals surface area contributed by atoms with Crippen molar-refractivity contribution in [3.8, 4) is 11.5 Å². The van der Waals surface area contributed by atoms with E-state index < -0.39 is 0 Å². The summed E-state index contributed by atoms with van der Waals surface area (Å²) >= 11 is 6.10. The number of halogens is 1. The fourth-order valence-electron chi connectivity index (χ4n) is 3.40. The van der Waals surface area contributed by atoms with Gasteiger partial charge >= 0.3 is 0 Å². The molecule has 3 rings (SSSR count). The Morgan fingerprint density at radius 1 is 1.07 bits per heavy atom. The molecule has 1 aliphatic heterocycles. The summed E-state index contributed by atoms with van der Waals surface area (Å²) in [5, 5.41) is 3.60. The van der Waals surface area contributed by atoms with Crippen LogP contribution >= 0.6 is 11.6 Å². The molecular weight excluding hydrogens is 404 g/mol. The molecule has 0 aromatic heterocycles. The lowest BCUT2D eigenvalue weighted by molar-refractivity contribution is -0.117. The van der Waals surface area contributed by atoms with E-state index in [1.54, 1.807) is 49.5 Å². The van der Waals surface area contributed by atoms with Gasteiger partial charge in [0.15, 0.2) is 11.5 Å². The van der Waals surface area contributed by atoms with Crippen molar-refractivity contribution in [2.75, 3.05) is 27.3 Å². The number of piperidine rings is 1. The number of nitrogens with one attached hydrogen (secondary N) is 1. The number of benzene rings is 2. The molecule has 1 saturated heterocycles. The Morgan fingerprint density at radius 3 is 2.43 bits per heavy atom. The number of carbonyl (C=O) groups is 2. The van der Waals surface area contributed by atoms with Crippen molar-refractivity contribution in [3.63, 3.8) is 0 Å². The highest BCUT2D eigenvalue weighted by Crippen LogP contribution is 2.28. The second-order valence-corrected chi connectivity index (χ2v) is 7.41. The first kappa shape index (κ1) is 21.7. The summed E-state index contributed by atoms with van der Waals surface area (Å²) in [5.41, 5.74) is 1.35. The van der Waals surface area contributed by atoms with Gasteiger partial charge < -0.3 is 19.7 Å². The molecule has 30 heavy (non-hydrogen) atoms. The zero-order valence-corrected chi connectivity index (χ0v) is 17.8. The lowest BCUT2D eigenvalue weighted by Gasteiger charge is -2.32. The molecular formula is C23H25ClN2O4. The van der Waals surface area contributed by atoms with Crippen LogP contribution in [0, 0.1) is 0 Å². The van der Waals surface area contributed by atoms with Gasteiger partial charge in [0.05, 0.1) is 14.2 Å². The summed E-state index contributed by atoms with van der Waals surface area (Å²) in [7, 11) is 3.10. The molecule has 0 spiro atoms. The Labute approximate surface area is 181 Å². The van der Waals surface area contributed by atoms with Gasteiger partial charge in [-0.3, -0.25) is 9.59 Å². The lowest BCUT2D eigenvalue weighted by atomic mass is 10.0. The Morgan fingerprint density at radius 2 is 1.77 bits per heavy atom. The van der Waals surface area contributed by atoms with Crippen LogP contribution in [0.15, 0.2) is 48.5 Å². The number of amides is 2. The standard InChI is InChI=1S/C23H25ClN2O4/c1-29-20-9-7-17(15-21(20)30-2)23(28)26-13-11-18(12-14-26)25-22(27)10-8-16-5-3-4-6-19(16)24/h3-10,15,18H,11-14H2,1-2H3,(H,25,27)/b10-8+. The van der Waals surface area contributed by atoms with Crippen LogP contribution in [0.3, 0.4) is 0 Å². The number of carbonyl (C=O) groups excluding carboxylic acids is 2. The van der Waals surface area contributed by atoms with E-state index in [1.165, 1.54) is 6.08 Å². The number of methoxy groups -OCH3 is 2. The number of likely N-dealkylation sites (tertiary alicyclic amines) is 1. The van der Waals surface area contributed by atoms with Gasteiger partial charge in [0.2, 0.25) is 5.91 Å². The van der Waals surface area contributed by atoms with E-state index in [0.29, 0.717) is 48.0 Å². The smallest absolute Gasteiger partial charge is 0.253 e. The van der Waals surface area contributed by atoms with Gasteiger partial charge in [-0.2, -0.15) is 0 Å². The third-order valence-corrected chi connectivity index (χ3v) is 5.42.